The highest BCUT2D eigenvalue weighted by Gasteiger charge is 2.03. The minimum absolute atomic E-state index is 0.199. The Morgan fingerprint density at radius 1 is 1.71 bits per heavy atom. The Labute approximate surface area is 47.9 Å². The number of allylic oxidation sites excluding steroid dienone is 1. The fourth-order valence-corrected chi connectivity index (χ4v) is 0.675. The molecule has 40 valence electrons. The third-order valence-corrected chi connectivity index (χ3v) is 1.17. The van der Waals surface area contributed by atoms with Crippen LogP contribution in [0, 0.1) is 0 Å². The third-order valence-electron chi connectivity index (χ3n) is 0.861. The van der Waals surface area contributed by atoms with E-state index < -0.39 is 0 Å². The van der Waals surface area contributed by atoms with Crippen LogP contribution in [0.3, 0.4) is 0 Å². The van der Waals surface area contributed by atoms with Gasteiger partial charge in [-0.25, -0.2) is 0 Å². The molecule has 0 spiro atoms. The third kappa shape index (κ3) is 1.39. The molecule has 1 unspecified atom stereocenters. The van der Waals surface area contributed by atoms with Gasteiger partial charge in [0.1, 0.15) is 6.61 Å². The molecule has 0 saturated heterocycles. The predicted octanol–water partition coefficient (Wildman–Crippen LogP) is 1.53. The minimum atomic E-state index is 0.199. The van der Waals surface area contributed by atoms with Gasteiger partial charge in [0.05, 0.1) is 11.6 Å². The first kappa shape index (κ1) is 4.98. The normalized spacial score (nSPS) is 29.6. The van der Waals surface area contributed by atoms with Gasteiger partial charge < -0.3 is 4.74 Å². The lowest BCUT2D eigenvalue weighted by Crippen LogP contribution is -2.08. The van der Waals surface area contributed by atoms with E-state index in [0.29, 0.717) is 6.61 Å². The van der Waals surface area contributed by atoms with Crippen LogP contribution in [0.5, 0.6) is 0 Å². The molecule has 2 heteroatoms. The molecule has 0 bridgehead atoms. The maximum Gasteiger partial charge on any atom is 0.104 e. The molecule has 0 aromatic heterocycles. The summed E-state index contributed by atoms with van der Waals surface area (Å²) in [7, 11) is 0. The van der Waals surface area contributed by atoms with E-state index in [1.807, 2.05) is 6.08 Å². The number of rotatable bonds is 0. The van der Waals surface area contributed by atoms with E-state index in [1.54, 1.807) is 6.26 Å². The van der Waals surface area contributed by atoms with Gasteiger partial charge in [0.2, 0.25) is 0 Å². The van der Waals surface area contributed by atoms with Gasteiger partial charge in [0.15, 0.2) is 0 Å². The quantitative estimate of drug-likeness (QED) is 0.439. The number of alkyl halides is 1. The lowest BCUT2D eigenvalue weighted by molar-refractivity contribution is 0.234. The van der Waals surface area contributed by atoms with Crippen LogP contribution >= 0.6 is 11.6 Å². The molecule has 1 aliphatic rings. The standard InChI is InChI=1S/C5H7ClO/c6-5-2-1-3-7-4-5/h1,3,5H,2,4H2. The zero-order valence-corrected chi connectivity index (χ0v) is 4.69. The first-order valence-corrected chi connectivity index (χ1v) is 2.74. The van der Waals surface area contributed by atoms with Gasteiger partial charge in [-0.3, -0.25) is 0 Å². The summed E-state index contributed by atoms with van der Waals surface area (Å²) in [4.78, 5) is 0. The van der Waals surface area contributed by atoms with E-state index in [-0.39, 0.29) is 5.38 Å². The van der Waals surface area contributed by atoms with Gasteiger partial charge in [-0.2, -0.15) is 0 Å². The Balaban J connectivity index is 2.32. The SMILES string of the molecule is ClC1CC=COC1. The summed E-state index contributed by atoms with van der Waals surface area (Å²) in [6.45, 7) is 0.665. The lowest BCUT2D eigenvalue weighted by atomic mass is 10.3. The largest absolute Gasteiger partial charge is 0.500 e. The average molecular weight is 119 g/mol. The summed E-state index contributed by atoms with van der Waals surface area (Å²) >= 11 is 5.64. The van der Waals surface area contributed by atoms with Crippen LogP contribution in [0.2, 0.25) is 0 Å². The molecule has 0 amide bonds. The summed E-state index contributed by atoms with van der Waals surface area (Å²) < 4.78 is 4.87. The fourth-order valence-electron chi connectivity index (χ4n) is 0.499. The van der Waals surface area contributed by atoms with E-state index in [9.17, 15) is 0 Å². The zero-order chi connectivity index (χ0) is 5.11. The van der Waals surface area contributed by atoms with Gasteiger partial charge in [-0.15, -0.1) is 11.6 Å². The highest BCUT2D eigenvalue weighted by molar-refractivity contribution is 6.20. The second-order valence-electron chi connectivity index (χ2n) is 1.54. The highest BCUT2D eigenvalue weighted by atomic mass is 35.5. The van der Waals surface area contributed by atoms with Crippen molar-refractivity contribution in [3.63, 3.8) is 0 Å². The molecule has 1 nitrogen and oxygen atoms in total. The van der Waals surface area contributed by atoms with E-state index in [2.05, 4.69) is 0 Å². The Morgan fingerprint density at radius 3 is 2.86 bits per heavy atom. The van der Waals surface area contributed by atoms with Crippen molar-refractivity contribution in [2.75, 3.05) is 6.61 Å². The Morgan fingerprint density at radius 2 is 2.57 bits per heavy atom. The molecule has 1 atom stereocenters. The first-order valence-electron chi connectivity index (χ1n) is 2.30. The summed E-state index contributed by atoms with van der Waals surface area (Å²) in [6.07, 6.45) is 4.57. The van der Waals surface area contributed by atoms with Crippen molar-refractivity contribution in [2.24, 2.45) is 0 Å². The molecule has 0 aliphatic carbocycles. The lowest BCUT2D eigenvalue weighted by Gasteiger charge is -2.09. The van der Waals surface area contributed by atoms with Crippen LogP contribution in [-0.2, 0) is 4.74 Å². The van der Waals surface area contributed by atoms with E-state index >= 15 is 0 Å². The number of hydrogen-bond acceptors (Lipinski definition) is 1. The Hall–Kier alpha value is -0.170. The minimum Gasteiger partial charge on any atom is -0.500 e. The molecule has 7 heavy (non-hydrogen) atoms. The molecule has 1 aliphatic heterocycles. The van der Waals surface area contributed by atoms with Crippen molar-refractivity contribution < 1.29 is 4.74 Å². The second kappa shape index (κ2) is 2.22. The molecular weight excluding hydrogens is 112 g/mol. The van der Waals surface area contributed by atoms with Crippen molar-refractivity contribution >= 4 is 11.6 Å². The first-order chi connectivity index (χ1) is 3.39. The molecule has 1 rings (SSSR count). The number of ether oxygens (including phenoxy) is 1. The van der Waals surface area contributed by atoms with Crippen molar-refractivity contribution in [3.8, 4) is 0 Å². The van der Waals surface area contributed by atoms with Crippen molar-refractivity contribution in [2.45, 2.75) is 11.8 Å². The van der Waals surface area contributed by atoms with Gasteiger partial charge >= 0.3 is 0 Å². The topological polar surface area (TPSA) is 9.23 Å². The van der Waals surface area contributed by atoms with Gasteiger partial charge in [-0.1, -0.05) is 0 Å². The number of halogens is 1. The monoisotopic (exact) mass is 118 g/mol. The van der Waals surface area contributed by atoms with Crippen molar-refractivity contribution in [1.29, 1.82) is 0 Å². The molecule has 0 aromatic rings. The number of hydrogen-bond donors (Lipinski definition) is 0. The van der Waals surface area contributed by atoms with E-state index in [4.69, 9.17) is 16.3 Å². The molecule has 0 saturated carbocycles. The molecule has 0 radical (unpaired) electrons. The van der Waals surface area contributed by atoms with E-state index in [1.165, 1.54) is 0 Å². The molecule has 1 heterocycles. The Kier molecular flexibility index (Phi) is 1.58. The van der Waals surface area contributed by atoms with Gasteiger partial charge in [0, 0.05) is 0 Å². The highest BCUT2D eigenvalue weighted by Crippen LogP contribution is 2.07. The summed E-state index contributed by atoms with van der Waals surface area (Å²) in [6, 6.07) is 0. The molecule has 0 fully saturated rings. The van der Waals surface area contributed by atoms with Crippen molar-refractivity contribution in [1.82, 2.24) is 0 Å². The maximum absolute atomic E-state index is 5.64. The summed E-state index contributed by atoms with van der Waals surface area (Å²) in [5.74, 6) is 0. The smallest absolute Gasteiger partial charge is 0.104 e. The zero-order valence-electron chi connectivity index (χ0n) is 3.93. The van der Waals surface area contributed by atoms with Crippen LogP contribution in [0.15, 0.2) is 12.3 Å². The van der Waals surface area contributed by atoms with Gasteiger partial charge in [0.25, 0.3) is 0 Å². The van der Waals surface area contributed by atoms with Gasteiger partial charge in [-0.05, 0) is 12.5 Å². The molecule has 0 N–H and O–H groups in total. The van der Waals surface area contributed by atoms with Crippen molar-refractivity contribution in [3.05, 3.63) is 12.3 Å². The average Bonchev–Trinajstić information content (AvgIpc) is 1.69. The van der Waals surface area contributed by atoms with Crippen LogP contribution in [0.4, 0.5) is 0 Å². The molecule has 0 aromatic carbocycles. The summed E-state index contributed by atoms with van der Waals surface area (Å²) in [5, 5.41) is 0.199. The van der Waals surface area contributed by atoms with E-state index in [0.717, 1.165) is 6.42 Å². The maximum atomic E-state index is 5.64. The summed E-state index contributed by atoms with van der Waals surface area (Å²) in [5.41, 5.74) is 0. The van der Waals surface area contributed by atoms with Crippen LogP contribution < -0.4 is 0 Å². The van der Waals surface area contributed by atoms with Crippen LogP contribution in [-0.4, -0.2) is 12.0 Å². The van der Waals surface area contributed by atoms with Crippen LogP contribution in [0.25, 0.3) is 0 Å². The van der Waals surface area contributed by atoms with Crippen LogP contribution in [0.1, 0.15) is 6.42 Å². The predicted molar refractivity (Wildman–Crippen MR) is 29.3 cm³/mol. The molecular formula is C5H7ClO. The second-order valence-corrected chi connectivity index (χ2v) is 2.16. The Bertz CT molecular complexity index is 80.1. The fraction of sp³-hybridized carbons (Fsp3) is 0.600.